The van der Waals surface area contributed by atoms with Crippen molar-refractivity contribution in [3.05, 3.63) is 35.4 Å². The smallest absolute Gasteiger partial charge is 0.183 e. The predicted molar refractivity (Wildman–Crippen MR) is 84.3 cm³/mol. The number of hydrogen-bond donors (Lipinski definition) is 0. The van der Waals surface area contributed by atoms with Crippen molar-refractivity contribution in [2.24, 2.45) is 0 Å². The summed E-state index contributed by atoms with van der Waals surface area (Å²) in [6.45, 7) is 8.59. The number of hydrogen-bond acceptors (Lipinski definition) is 2. The molecule has 0 saturated carbocycles. The van der Waals surface area contributed by atoms with Crippen LogP contribution in [-0.2, 0) is 6.42 Å². The number of carbonyl (C=O) groups is 1. The van der Waals surface area contributed by atoms with Crippen LogP contribution < -0.4 is 0 Å². The maximum absolute atomic E-state index is 13.1. The third-order valence-electron chi connectivity index (χ3n) is 4.93. The first kappa shape index (κ1) is 15.2. The van der Waals surface area contributed by atoms with Crippen molar-refractivity contribution in [2.45, 2.75) is 58.4 Å². The molecule has 1 aliphatic rings. The Hall–Kier alpha value is -1.15. The summed E-state index contributed by atoms with van der Waals surface area (Å²) in [6.07, 6.45) is 5.27. The summed E-state index contributed by atoms with van der Waals surface area (Å²) in [5.74, 6) is 0.312. The van der Waals surface area contributed by atoms with E-state index >= 15 is 0 Å². The van der Waals surface area contributed by atoms with Crippen LogP contribution in [0.25, 0.3) is 0 Å². The molecule has 0 aromatic heterocycles. The second-order valence-corrected chi connectivity index (χ2v) is 5.81. The van der Waals surface area contributed by atoms with Crippen LogP contribution in [0.15, 0.2) is 24.3 Å². The highest BCUT2D eigenvalue weighted by molar-refractivity contribution is 6.03. The predicted octanol–water partition coefficient (Wildman–Crippen LogP) is 4.09. The lowest BCUT2D eigenvalue weighted by molar-refractivity contribution is 0.0581. The molecule has 0 unspecified atom stereocenters. The first-order valence-electron chi connectivity index (χ1n) is 8.06. The Kier molecular flexibility index (Phi) is 4.98. The molecule has 0 spiro atoms. The minimum absolute atomic E-state index is 0.287. The van der Waals surface area contributed by atoms with Crippen molar-refractivity contribution < 1.29 is 4.79 Å². The van der Waals surface area contributed by atoms with Crippen molar-refractivity contribution in [1.29, 1.82) is 0 Å². The van der Waals surface area contributed by atoms with E-state index in [1.165, 1.54) is 18.4 Å². The molecule has 0 atom stereocenters. The maximum Gasteiger partial charge on any atom is 0.183 e. The molecule has 1 aromatic carbocycles. The zero-order valence-electron chi connectivity index (χ0n) is 13.1. The van der Waals surface area contributed by atoms with Crippen LogP contribution in [0.3, 0.4) is 0 Å². The normalized spacial score (nSPS) is 16.6. The Bertz CT molecular complexity index is 439. The van der Waals surface area contributed by atoms with Crippen LogP contribution in [0, 0.1) is 0 Å². The number of rotatable bonds is 6. The Morgan fingerprint density at radius 1 is 1.05 bits per heavy atom. The summed E-state index contributed by atoms with van der Waals surface area (Å²) in [4.78, 5) is 15.5. The summed E-state index contributed by atoms with van der Waals surface area (Å²) in [5.41, 5.74) is 1.88. The number of aryl methyl sites for hydroxylation is 1. The molecule has 1 heterocycles. The quantitative estimate of drug-likeness (QED) is 0.728. The van der Waals surface area contributed by atoms with E-state index in [1.807, 2.05) is 12.1 Å². The molecule has 0 amide bonds. The van der Waals surface area contributed by atoms with E-state index in [9.17, 15) is 4.79 Å². The molecular weight excluding hydrogens is 246 g/mol. The van der Waals surface area contributed by atoms with Crippen LogP contribution in [0.1, 0.15) is 62.4 Å². The maximum atomic E-state index is 13.1. The summed E-state index contributed by atoms with van der Waals surface area (Å²) in [5, 5.41) is 0. The van der Waals surface area contributed by atoms with Gasteiger partial charge in [-0.15, -0.1) is 0 Å². The molecule has 0 N–H and O–H groups in total. The van der Waals surface area contributed by atoms with Gasteiger partial charge in [0.2, 0.25) is 0 Å². The average Bonchev–Trinajstić information content (AvgIpc) is 3.04. The molecule has 2 rings (SSSR count). The number of likely N-dealkylation sites (tertiary alicyclic amines) is 1. The monoisotopic (exact) mass is 273 g/mol. The molecule has 0 bridgehead atoms. The third-order valence-corrected chi connectivity index (χ3v) is 4.93. The van der Waals surface area contributed by atoms with Crippen molar-refractivity contribution >= 4 is 5.78 Å². The SMILES string of the molecule is CCc1ccc(C(=O)C(CC)(CC)N2CCCC2)cc1. The van der Waals surface area contributed by atoms with Gasteiger partial charge in [0.15, 0.2) is 5.78 Å². The molecule has 1 fully saturated rings. The van der Waals surface area contributed by atoms with Crippen LogP contribution in [-0.4, -0.2) is 29.3 Å². The zero-order chi connectivity index (χ0) is 14.6. The molecule has 1 saturated heterocycles. The number of carbonyl (C=O) groups excluding carboxylic acids is 1. The zero-order valence-corrected chi connectivity index (χ0v) is 13.1. The van der Waals surface area contributed by atoms with Gasteiger partial charge in [0.05, 0.1) is 5.54 Å². The molecule has 20 heavy (non-hydrogen) atoms. The van der Waals surface area contributed by atoms with Crippen molar-refractivity contribution in [2.75, 3.05) is 13.1 Å². The van der Waals surface area contributed by atoms with Gasteiger partial charge in [-0.25, -0.2) is 0 Å². The van der Waals surface area contributed by atoms with Gasteiger partial charge in [-0.05, 0) is 50.8 Å². The molecule has 0 aliphatic carbocycles. The fraction of sp³-hybridized carbons (Fsp3) is 0.611. The van der Waals surface area contributed by atoms with Gasteiger partial charge in [0.1, 0.15) is 0 Å². The van der Waals surface area contributed by atoms with Gasteiger partial charge in [-0.1, -0.05) is 45.0 Å². The lowest BCUT2D eigenvalue weighted by atomic mass is 9.82. The van der Waals surface area contributed by atoms with E-state index in [4.69, 9.17) is 0 Å². The number of benzene rings is 1. The number of ketones is 1. The fourth-order valence-corrected chi connectivity index (χ4v) is 3.47. The van der Waals surface area contributed by atoms with E-state index < -0.39 is 0 Å². The highest BCUT2D eigenvalue weighted by Gasteiger charge is 2.41. The Morgan fingerprint density at radius 3 is 2.05 bits per heavy atom. The second kappa shape index (κ2) is 6.53. The number of nitrogens with zero attached hydrogens (tertiary/aromatic N) is 1. The van der Waals surface area contributed by atoms with E-state index in [0.29, 0.717) is 5.78 Å². The second-order valence-electron chi connectivity index (χ2n) is 5.81. The van der Waals surface area contributed by atoms with Crippen molar-refractivity contribution in [3.63, 3.8) is 0 Å². The van der Waals surface area contributed by atoms with Gasteiger partial charge in [0.25, 0.3) is 0 Å². The Balaban J connectivity index is 2.29. The molecule has 1 aromatic rings. The molecule has 0 radical (unpaired) electrons. The first-order valence-corrected chi connectivity index (χ1v) is 8.06. The fourth-order valence-electron chi connectivity index (χ4n) is 3.47. The molecule has 1 aliphatic heterocycles. The van der Waals surface area contributed by atoms with E-state index in [0.717, 1.165) is 37.9 Å². The lowest BCUT2D eigenvalue weighted by Crippen LogP contribution is -2.52. The topological polar surface area (TPSA) is 20.3 Å². The van der Waals surface area contributed by atoms with Crippen LogP contribution in [0.2, 0.25) is 0 Å². The molecule has 2 heteroatoms. The van der Waals surface area contributed by atoms with Crippen molar-refractivity contribution in [1.82, 2.24) is 4.90 Å². The standard InChI is InChI=1S/C18H27NO/c1-4-15-9-11-16(12-10-15)17(20)18(5-2,6-3)19-13-7-8-14-19/h9-12H,4-8,13-14H2,1-3H3. The summed E-state index contributed by atoms with van der Waals surface area (Å²) >= 11 is 0. The summed E-state index contributed by atoms with van der Waals surface area (Å²) < 4.78 is 0. The van der Waals surface area contributed by atoms with E-state index in [-0.39, 0.29) is 5.54 Å². The van der Waals surface area contributed by atoms with Gasteiger partial charge < -0.3 is 0 Å². The highest BCUT2D eigenvalue weighted by atomic mass is 16.1. The minimum atomic E-state index is -0.287. The minimum Gasteiger partial charge on any atom is -0.292 e. The number of Topliss-reactive ketones (excluding diaryl/α,β-unsaturated/α-hetero) is 1. The highest BCUT2D eigenvalue weighted by Crippen LogP contribution is 2.31. The van der Waals surface area contributed by atoms with E-state index in [1.54, 1.807) is 0 Å². The lowest BCUT2D eigenvalue weighted by Gasteiger charge is -2.39. The van der Waals surface area contributed by atoms with Crippen LogP contribution in [0.5, 0.6) is 0 Å². The van der Waals surface area contributed by atoms with Crippen LogP contribution in [0.4, 0.5) is 0 Å². The Morgan fingerprint density at radius 2 is 1.60 bits per heavy atom. The molecule has 2 nitrogen and oxygen atoms in total. The average molecular weight is 273 g/mol. The van der Waals surface area contributed by atoms with Gasteiger partial charge in [-0.3, -0.25) is 9.69 Å². The third kappa shape index (κ3) is 2.67. The van der Waals surface area contributed by atoms with Crippen molar-refractivity contribution in [3.8, 4) is 0 Å². The van der Waals surface area contributed by atoms with Crippen LogP contribution >= 0.6 is 0 Å². The largest absolute Gasteiger partial charge is 0.292 e. The Labute approximate surface area is 123 Å². The summed E-state index contributed by atoms with van der Waals surface area (Å²) in [6, 6.07) is 8.20. The van der Waals surface area contributed by atoms with Gasteiger partial charge in [-0.2, -0.15) is 0 Å². The summed E-state index contributed by atoms with van der Waals surface area (Å²) in [7, 11) is 0. The molecule has 110 valence electrons. The van der Waals surface area contributed by atoms with Gasteiger partial charge in [0, 0.05) is 5.56 Å². The van der Waals surface area contributed by atoms with E-state index in [2.05, 4.69) is 37.8 Å². The van der Waals surface area contributed by atoms with Gasteiger partial charge >= 0.3 is 0 Å². The first-order chi connectivity index (χ1) is 9.67. The molecular formula is C18H27NO.